The van der Waals surface area contributed by atoms with E-state index in [1.54, 1.807) is 19.2 Å². The minimum atomic E-state index is -0.475. The molecule has 6 heteroatoms. The van der Waals surface area contributed by atoms with Gasteiger partial charge in [-0.3, -0.25) is 10.1 Å². The van der Waals surface area contributed by atoms with Crippen LogP contribution in [0.3, 0.4) is 0 Å². The van der Waals surface area contributed by atoms with Crippen molar-refractivity contribution >= 4 is 17.3 Å². The van der Waals surface area contributed by atoms with Crippen LogP contribution in [0.15, 0.2) is 54.6 Å². The molecule has 0 saturated carbocycles. The lowest BCUT2D eigenvalue weighted by Gasteiger charge is -2.13. The van der Waals surface area contributed by atoms with Crippen LogP contribution in [0.5, 0.6) is 5.75 Å². The Balaban J connectivity index is 2.17. The molecule has 0 amide bonds. The van der Waals surface area contributed by atoms with E-state index in [4.69, 9.17) is 16.3 Å². The van der Waals surface area contributed by atoms with Crippen LogP contribution >= 0.6 is 11.6 Å². The zero-order chi connectivity index (χ0) is 17.3. The van der Waals surface area contributed by atoms with Crippen molar-refractivity contribution < 1.29 is 9.66 Å². The summed E-state index contributed by atoms with van der Waals surface area (Å²) >= 11 is 5.92. The summed E-state index contributed by atoms with van der Waals surface area (Å²) in [5.74, 6) is 0.744. The number of nitro benzene ring substituents is 1. The van der Waals surface area contributed by atoms with Gasteiger partial charge in [-0.2, -0.15) is 0 Å². The van der Waals surface area contributed by atoms with Crippen LogP contribution in [0.1, 0.15) is 5.69 Å². The molecule has 0 aliphatic rings. The Bertz CT molecular complexity index is 918. The Labute approximate surface area is 144 Å². The molecule has 3 aromatic rings. The molecule has 0 saturated heterocycles. The molecule has 1 aromatic heterocycles. The summed E-state index contributed by atoms with van der Waals surface area (Å²) in [6.07, 6.45) is 0. The number of hydrogen-bond acceptors (Lipinski definition) is 3. The zero-order valence-corrected chi connectivity index (χ0v) is 13.9. The average molecular weight is 343 g/mol. The highest BCUT2D eigenvalue weighted by Gasteiger charge is 2.16. The van der Waals surface area contributed by atoms with Crippen LogP contribution in [0.2, 0.25) is 5.02 Å². The Kier molecular flexibility index (Phi) is 4.27. The van der Waals surface area contributed by atoms with Gasteiger partial charge in [-0.25, -0.2) is 0 Å². The van der Waals surface area contributed by atoms with Gasteiger partial charge in [0.2, 0.25) is 0 Å². The number of rotatable bonds is 4. The third-order valence-corrected chi connectivity index (χ3v) is 4.15. The highest BCUT2D eigenvalue weighted by atomic mass is 35.5. The minimum absolute atomic E-state index is 0.106. The fourth-order valence-corrected chi connectivity index (χ4v) is 2.85. The lowest BCUT2D eigenvalue weighted by molar-refractivity contribution is -0.384. The average Bonchev–Trinajstić information content (AvgIpc) is 2.96. The SMILES string of the molecule is COc1cccc(-n2c(C)ccc2-c2ccc(Cl)c([N+](=O)[O-])c2)c1. The predicted molar refractivity (Wildman–Crippen MR) is 94.2 cm³/mol. The Hall–Kier alpha value is -2.79. The number of aryl methyl sites for hydroxylation is 1. The van der Waals surface area contributed by atoms with E-state index in [1.165, 1.54) is 6.07 Å². The maximum absolute atomic E-state index is 11.1. The van der Waals surface area contributed by atoms with Crippen LogP contribution in [0.25, 0.3) is 16.9 Å². The normalized spacial score (nSPS) is 10.6. The van der Waals surface area contributed by atoms with Gasteiger partial charge in [0.1, 0.15) is 10.8 Å². The molecule has 24 heavy (non-hydrogen) atoms. The molecule has 0 unspecified atom stereocenters. The zero-order valence-electron chi connectivity index (χ0n) is 13.2. The van der Waals surface area contributed by atoms with Gasteiger partial charge >= 0.3 is 0 Å². The van der Waals surface area contributed by atoms with Gasteiger partial charge in [-0.1, -0.05) is 23.7 Å². The van der Waals surface area contributed by atoms with Gasteiger partial charge in [0.05, 0.1) is 17.7 Å². The summed E-state index contributed by atoms with van der Waals surface area (Å²) in [5.41, 5.74) is 3.40. The molecule has 0 N–H and O–H groups in total. The lowest BCUT2D eigenvalue weighted by Crippen LogP contribution is -2.00. The van der Waals surface area contributed by atoms with Gasteiger partial charge in [-0.15, -0.1) is 0 Å². The van der Waals surface area contributed by atoms with E-state index in [-0.39, 0.29) is 10.7 Å². The van der Waals surface area contributed by atoms with Crippen molar-refractivity contribution in [2.24, 2.45) is 0 Å². The molecule has 1 heterocycles. The number of aromatic nitrogens is 1. The number of nitrogens with zero attached hydrogens (tertiary/aromatic N) is 2. The lowest BCUT2D eigenvalue weighted by atomic mass is 10.1. The van der Waals surface area contributed by atoms with E-state index in [1.807, 2.05) is 47.9 Å². The molecule has 2 aromatic carbocycles. The molecule has 122 valence electrons. The molecule has 0 fully saturated rings. The van der Waals surface area contributed by atoms with E-state index in [0.717, 1.165) is 28.4 Å². The highest BCUT2D eigenvalue weighted by Crippen LogP contribution is 2.33. The fraction of sp³-hybridized carbons (Fsp3) is 0.111. The number of ether oxygens (including phenoxy) is 1. The molecule has 0 spiro atoms. The summed E-state index contributed by atoms with van der Waals surface area (Å²) < 4.78 is 7.31. The number of methoxy groups -OCH3 is 1. The van der Waals surface area contributed by atoms with Crippen LogP contribution < -0.4 is 4.74 Å². The topological polar surface area (TPSA) is 57.3 Å². The van der Waals surface area contributed by atoms with Crippen molar-refractivity contribution in [3.63, 3.8) is 0 Å². The summed E-state index contributed by atoms with van der Waals surface area (Å²) in [5, 5.41) is 11.3. The third-order valence-electron chi connectivity index (χ3n) is 3.83. The van der Waals surface area contributed by atoms with Crippen LogP contribution in [-0.4, -0.2) is 16.6 Å². The molecule has 0 atom stereocenters. The summed E-state index contributed by atoms with van der Waals surface area (Å²) in [4.78, 5) is 10.7. The molecule has 0 aliphatic heterocycles. The van der Waals surface area contributed by atoms with Gasteiger partial charge in [0.25, 0.3) is 5.69 Å². The van der Waals surface area contributed by atoms with Crippen molar-refractivity contribution in [2.45, 2.75) is 6.92 Å². The summed E-state index contributed by atoms with van der Waals surface area (Å²) in [6.45, 7) is 1.98. The standard InChI is InChI=1S/C18H15ClN2O3/c1-12-6-9-17(13-7-8-16(19)18(10-13)21(22)23)20(12)14-4-3-5-15(11-14)24-2/h3-11H,1-2H3. The molecular formula is C18H15ClN2O3. The highest BCUT2D eigenvalue weighted by molar-refractivity contribution is 6.32. The molecular weight excluding hydrogens is 328 g/mol. The van der Waals surface area contributed by atoms with Crippen molar-refractivity contribution in [3.05, 3.63) is 75.4 Å². The van der Waals surface area contributed by atoms with E-state index in [2.05, 4.69) is 0 Å². The number of hydrogen-bond donors (Lipinski definition) is 0. The first-order valence-corrected chi connectivity index (χ1v) is 7.66. The number of benzene rings is 2. The summed E-state index contributed by atoms with van der Waals surface area (Å²) in [7, 11) is 1.62. The second-order valence-corrected chi connectivity index (χ2v) is 5.73. The number of halogens is 1. The molecule has 0 aliphatic carbocycles. The van der Waals surface area contributed by atoms with Crippen LogP contribution in [0.4, 0.5) is 5.69 Å². The fourth-order valence-electron chi connectivity index (χ4n) is 2.67. The monoisotopic (exact) mass is 342 g/mol. The molecule has 3 rings (SSSR count). The predicted octanol–water partition coefficient (Wildman–Crippen LogP) is 5.02. The smallest absolute Gasteiger partial charge is 0.288 e. The van der Waals surface area contributed by atoms with Gasteiger partial charge < -0.3 is 9.30 Å². The van der Waals surface area contributed by atoms with E-state index in [0.29, 0.717) is 0 Å². The Morgan fingerprint density at radius 3 is 2.62 bits per heavy atom. The Morgan fingerprint density at radius 1 is 1.12 bits per heavy atom. The van der Waals surface area contributed by atoms with Gasteiger partial charge in [0, 0.05) is 29.1 Å². The molecule has 0 bridgehead atoms. The largest absolute Gasteiger partial charge is 0.497 e. The second-order valence-electron chi connectivity index (χ2n) is 5.32. The first kappa shape index (κ1) is 16.1. The van der Waals surface area contributed by atoms with E-state index in [9.17, 15) is 10.1 Å². The molecule has 5 nitrogen and oxygen atoms in total. The third kappa shape index (κ3) is 2.86. The van der Waals surface area contributed by atoms with Crippen molar-refractivity contribution in [1.82, 2.24) is 4.57 Å². The summed E-state index contributed by atoms with van der Waals surface area (Å²) in [6, 6.07) is 16.4. The van der Waals surface area contributed by atoms with Crippen molar-refractivity contribution in [2.75, 3.05) is 7.11 Å². The van der Waals surface area contributed by atoms with E-state index >= 15 is 0 Å². The Morgan fingerprint density at radius 2 is 1.92 bits per heavy atom. The van der Waals surface area contributed by atoms with Gasteiger partial charge in [-0.05, 0) is 37.3 Å². The van der Waals surface area contributed by atoms with Crippen molar-refractivity contribution in [3.8, 4) is 22.7 Å². The first-order chi connectivity index (χ1) is 11.5. The maximum atomic E-state index is 11.1. The quantitative estimate of drug-likeness (QED) is 0.494. The van der Waals surface area contributed by atoms with Crippen LogP contribution in [-0.2, 0) is 0 Å². The van der Waals surface area contributed by atoms with E-state index < -0.39 is 4.92 Å². The first-order valence-electron chi connectivity index (χ1n) is 7.28. The van der Waals surface area contributed by atoms with Crippen LogP contribution in [0, 0.1) is 17.0 Å². The van der Waals surface area contributed by atoms with Gasteiger partial charge in [0.15, 0.2) is 0 Å². The second kappa shape index (κ2) is 6.37. The molecule has 0 radical (unpaired) electrons. The van der Waals surface area contributed by atoms with Crippen molar-refractivity contribution in [1.29, 1.82) is 0 Å². The minimum Gasteiger partial charge on any atom is -0.497 e. The number of nitro groups is 1. The maximum Gasteiger partial charge on any atom is 0.288 e.